The first-order chi connectivity index (χ1) is 12.7. The van der Waals surface area contributed by atoms with Crippen LogP contribution in [0.2, 0.25) is 0 Å². The van der Waals surface area contributed by atoms with Gasteiger partial charge in [0.25, 0.3) is 17.2 Å². The molecule has 10 heteroatoms. The topological polar surface area (TPSA) is 125 Å². The van der Waals surface area contributed by atoms with Crippen molar-refractivity contribution in [2.24, 2.45) is 5.92 Å². The summed E-state index contributed by atoms with van der Waals surface area (Å²) in [5, 5.41) is 11.9. The predicted octanol–water partition coefficient (Wildman–Crippen LogP) is -0.481. The highest BCUT2D eigenvalue weighted by molar-refractivity contribution is 7.78. The van der Waals surface area contributed by atoms with E-state index in [1.54, 1.807) is 0 Å². The van der Waals surface area contributed by atoms with Crippen molar-refractivity contribution in [1.82, 2.24) is 14.9 Å². The van der Waals surface area contributed by atoms with Gasteiger partial charge in [0.2, 0.25) is 11.8 Å². The molecule has 3 rings (SSSR count). The molecule has 0 aromatic carbocycles. The summed E-state index contributed by atoms with van der Waals surface area (Å²) < 4.78 is 19.8. The fourth-order valence-corrected chi connectivity index (χ4v) is 4.58. The van der Waals surface area contributed by atoms with Gasteiger partial charge in [0, 0.05) is 6.54 Å². The first kappa shape index (κ1) is 20.2. The molecule has 3 aliphatic rings. The molecule has 0 aromatic heterocycles. The van der Waals surface area contributed by atoms with E-state index in [0.717, 1.165) is 12.8 Å². The molecule has 0 aromatic rings. The predicted molar refractivity (Wildman–Crippen MR) is 96.1 cm³/mol. The lowest BCUT2D eigenvalue weighted by atomic mass is 10.1. The van der Waals surface area contributed by atoms with Crippen LogP contribution >= 0.6 is 0 Å². The fraction of sp³-hybridized carbons (Fsp3) is 0.824. The highest BCUT2D eigenvalue weighted by atomic mass is 32.2. The van der Waals surface area contributed by atoms with Gasteiger partial charge in [0.15, 0.2) is 0 Å². The maximum Gasteiger partial charge on any atom is 0.264 e. The van der Waals surface area contributed by atoms with Crippen LogP contribution in [-0.4, -0.2) is 62.3 Å². The zero-order valence-electron chi connectivity index (χ0n) is 15.7. The Labute approximate surface area is 161 Å². The molecule has 27 heavy (non-hydrogen) atoms. The summed E-state index contributed by atoms with van der Waals surface area (Å²) in [7, 11) is 0. The average Bonchev–Trinajstić information content (AvgIpc) is 3.46. The van der Waals surface area contributed by atoms with Crippen molar-refractivity contribution < 1.29 is 27.9 Å². The number of carbonyl (C=O) groups excluding carboxylic acids is 3. The van der Waals surface area contributed by atoms with E-state index in [-0.39, 0.29) is 5.92 Å². The van der Waals surface area contributed by atoms with Gasteiger partial charge in [-0.05, 0) is 44.9 Å². The molecule has 4 atom stereocenters. The largest absolute Gasteiger partial charge is 0.387 e. The summed E-state index contributed by atoms with van der Waals surface area (Å²) in [5.74, 6) is -1.50. The van der Waals surface area contributed by atoms with Crippen LogP contribution in [0.1, 0.15) is 52.4 Å². The van der Waals surface area contributed by atoms with Gasteiger partial charge in [-0.2, -0.15) is 0 Å². The summed E-state index contributed by atoms with van der Waals surface area (Å²) in [6, 6.07) is -0.695. The number of likely N-dealkylation sites (tertiary alicyclic amines) is 1. The third-order valence-corrected chi connectivity index (χ3v) is 6.67. The summed E-state index contributed by atoms with van der Waals surface area (Å²) >= 11 is -1.96. The molecule has 0 radical (unpaired) electrons. The highest BCUT2D eigenvalue weighted by Gasteiger charge is 2.61. The Hall–Kier alpha value is -1.52. The van der Waals surface area contributed by atoms with Crippen LogP contribution in [0, 0.1) is 5.92 Å². The normalized spacial score (nSPS) is 31.9. The van der Waals surface area contributed by atoms with E-state index in [4.69, 9.17) is 9.29 Å². The van der Waals surface area contributed by atoms with Crippen LogP contribution in [0.15, 0.2) is 0 Å². The minimum absolute atomic E-state index is 0.0571. The number of nitrogens with zero attached hydrogens (tertiary/aromatic N) is 1. The smallest absolute Gasteiger partial charge is 0.264 e. The molecule has 2 saturated carbocycles. The Bertz CT molecular complexity index is 667. The van der Waals surface area contributed by atoms with Crippen molar-refractivity contribution in [1.29, 1.82) is 0 Å². The van der Waals surface area contributed by atoms with Crippen LogP contribution in [0.5, 0.6) is 0 Å². The van der Waals surface area contributed by atoms with Gasteiger partial charge in [-0.15, -0.1) is 0 Å². The first-order valence-electron chi connectivity index (χ1n) is 9.39. The molecule has 1 saturated heterocycles. The Morgan fingerprint density at radius 3 is 2.59 bits per heavy atom. The van der Waals surface area contributed by atoms with Crippen LogP contribution in [0.4, 0.5) is 0 Å². The minimum Gasteiger partial charge on any atom is -0.387 e. The molecule has 1 aliphatic heterocycles. The lowest BCUT2D eigenvalue weighted by molar-refractivity contribution is -0.141. The lowest BCUT2D eigenvalue weighted by Crippen LogP contribution is -2.56. The van der Waals surface area contributed by atoms with E-state index in [0.29, 0.717) is 32.2 Å². The molecule has 1 heterocycles. The number of aliphatic hydroxyl groups is 1. The average molecular weight is 401 g/mol. The van der Waals surface area contributed by atoms with E-state index < -0.39 is 52.8 Å². The van der Waals surface area contributed by atoms with Crippen LogP contribution in [-0.2, 0) is 29.8 Å². The molecule has 3 N–H and O–H groups in total. The Morgan fingerprint density at radius 1 is 1.33 bits per heavy atom. The van der Waals surface area contributed by atoms with Crippen molar-refractivity contribution in [3.05, 3.63) is 0 Å². The number of nitrogens with one attached hydrogen (secondary N) is 2. The second-order valence-electron chi connectivity index (χ2n) is 7.87. The number of hydrogen-bond acceptors (Lipinski definition) is 6. The van der Waals surface area contributed by atoms with E-state index in [1.165, 1.54) is 4.90 Å². The molecule has 152 valence electrons. The number of amides is 3. The maximum absolute atomic E-state index is 12.7. The first-order valence-corrected chi connectivity index (χ1v) is 10.5. The molecular weight excluding hydrogens is 374 g/mol. The lowest BCUT2D eigenvalue weighted by Gasteiger charge is -2.26. The van der Waals surface area contributed by atoms with Gasteiger partial charge >= 0.3 is 0 Å². The molecule has 3 fully saturated rings. The maximum atomic E-state index is 12.7. The van der Waals surface area contributed by atoms with E-state index in [9.17, 15) is 18.6 Å². The van der Waals surface area contributed by atoms with Crippen LogP contribution < -0.4 is 10.0 Å². The highest BCUT2D eigenvalue weighted by Crippen LogP contribution is 2.46. The standard InChI is InChI=1S/C17H27N3O6S/c1-3-11-9-17(11,15(24)19-27(25)26-16(2)6-7-16)18-14(23)12-5-4-8-20(12)13(22)10-21/h11-12,21H,3-10H2,1-2H3,(H,18,23)(H,19,24). The van der Waals surface area contributed by atoms with Crippen LogP contribution in [0.25, 0.3) is 0 Å². The number of hydrogen-bond donors (Lipinski definition) is 3. The van der Waals surface area contributed by atoms with Crippen molar-refractivity contribution >= 4 is 29.0 Å². The summed E-state index contributed by atoms with van der Waals surface area (Å²) in [6.07, 6.45) is 3.88. The quantitative estimate of drug-likeness (QED) is 0.504. The third kappa shape index (κ3) is 4.17. The molecule has 9 nitrogen and oxygen atoms in total. The molecule has 4 unspecified atom stereocenters. The second-order valence-corrected chi connectivity index (χ2v) is 8.71. The molecule has 2 aliphatic carbocycles. The zero-order chi connectivity index (χ0) is 19.8. The number of carbonyl (C=O) groups is 3. The van der Waals surface area contributed by atoms with Gasteiger partial charge < -0.3 is 15.3 Å². The zero-order valence-corrected chi connectivity index (χ0v) is 16.5. The molecular formula is C17H27N3O6S. The third-order valence-electron chi connectivity index (χ3n) is 5.77. The fourth-order valence-electron chi connectivity index (χ4n) is 3.67. The molecule has 0 bridgehead atoms. The van der Waals surface area contributed by atoms with Crippen molar-refractivity contribution in [3.63, 3.8) is 0 Å². The summed E-state index contributed by atoms with van der Waals surface area (Å²) in [6.45, 7) is 3.50. The van der Waals surface area contributed by atoms with Gasteiger partial charge in [-0.25, -0.2) is 8.93 Å². The summed E-state index contributed by atoms with van der Waals surface area (Å²) in [4.78, 5) is 38.6. The van der Waals surface area contributed by atoms with Crippen LogP contribution in [0.3, 0.4) is 0 Å². The molecule has 3 amide bonds. The molecule has 0 spiro atoms. The van der Waals surface area contributed by atoms with Gasteiger partial charge in [-0.3, -0.25) is 18.6 Å². The number of rotatable bonds is 8. The Morgan fingerprint density at radius 2 is 2.04 bits per heavy atom. The monoisotopic (exact) mass is 401 g/mol. The second kappa shape index (κ2) is 7.48. The van der Waals surface area contributed by atoms with Gasteiger partial charge in [0.05, 0.1) is 5.60 Å². The van der Waals surface area contributed by atoms with E-state index in [2.05, 4.69) is 10.0 Å². The number of aliphatic hydroxyl groups excluding tert-OH is 1. The van der Waals surface area contributed by atoms with Crippen molar-refractivity contribution in [3.8, 4) is 0 Å². The van der Waals surface area contributed by atoms with Gasteiger partial charge in [-0.1, -0.05) is 13.3 Å². The Kier molecular flexibility index (Phi) is 5.60. The van der Waals surface area contributed by atoms with E-state index >= 15 is 0 Å². The SMILES string of the molecule is CCC1CC1(NC(=O)C1CCCN1C(=O)CO)C(=O)NS(=O)OC1(C)CC1. The minimum atomic E-state index is -1.96. The van der Waals surface area contributed by atoms with Crippen molar-refractivity contribution in [2.75, 3.05) is 13.2 Å². The van der Waals surface area contributed by atoms with Crippen molar-refractivity contribution in [2.45, 2.75) is 69.6 Å². The van der Waals surface area contributed by atoms with Gasteiger partial charge in [0.1, 0.15) is 18.2 Å². The summed E-state index contributed by atoms with van der Waals surface area (Å²) in [5.41, 5.74) is -1.57. The Balaban J connectivity index is 1.64. The van der Waals surface area contributed by atoms with E-state index in [1.807, 2.05) is 13.8 Å².